The number of likely N-dealkylation sites (N-methyl/N-ethyl adjacent to an activating group) is 1. The Balaban J connectivity index is 1.35. The molecule has 0 unspecified atom stereocenters. The van der Waals surface area contributed by atoms with E-state index in [1.807, 2.05) is 6.92 Å². The van der Waals surface area contributed by atoms with Crippen molar-refractivity contribution in [2.75, 3.05) is 29.1 Å². The third-order valence-electron chi connectivity index (χ3n) is 5.02. The van der Waals surface area contributed by atoms with Crippen molar-refractivity contribution in [3.8, 4) is 0 Å². The van der Waals surface area contributed by atoms with Crippen LogP contribution in [0.3, 0.4) is 0 Å². The maximum Gasteiger partial charge on any atom is 0.435 e. The van der Waals surface area contributed by atoms with Gasteiger partial charge in [0.15, 0.2) is 11.5 Å². The van der Waals surface area contributed by atoms with Crippen LogP contribution in [0.2, 0.25) is 0 Å². The Morgan fingerprint density at radius 3 is 2.75 bits per heavy atom. The second-order valence-corrected chi connectivity index (χ2v) is 7.33. The van der Waals surface area contributed by atoms with Gasteiger partial charge in [-0.15, -0.1) is 0 Å². The number of carbonyl (C=O) groups is 1. The summed E-state index contributed by atoms with van der Waals surface area (Å²) in [5, 5.41) is 9.66. The van der Waals surface area contributed by atoms with E-state index in [0.29, 0.717) is 29.7 Å². The van der Waals surface area contributed by atoms with Gasteiger partial charge in [0.1, 0.15) is 5.69 Å². The smallest absolute Gasteiger partial charge is 0.351 e. The van der Waals surface area contributed by atoms with Crippen molar-refractivity contribution in [1.82, 2.24) is 19.7 Å². The van der Waals surface area contributed by atoms with Crippen LogP contribution < -0.4 is 15.5 Å². The Bertz CT molecular complexity index is 905. The number of nitrogens with zero attached hydrogens (tertiary/aromatic N) is 5. The van der Waals surface area contributed by atoms with E-state index >= 15 is 0 Å². The van der Waals surface area contributed by atoms with Gasteiger partial charge >= 0.3 is 6.18 Å². The molecular formula is C17H20F3N7O. The second kappa shape index (κ2) is 6.64. The van der Waals surface area contributed by atoms with Gasteiger partial charge in [-0.3, -0.25) is 9.48 Å². The van der Waals surface area contributed by atoms with Gasteiger partial charge in [-0.25, -0.2) is 4.98 Å². The van der Waals surface area contributed by atoms with Crippen LogP contribution in [0.25, 0.3) is 0 Å². The predicted octanol–water partition coefficient (Wildman–Crippen LogP) is 2.28. The highest BCUT2D eigenvalue weighted by atomic mass is 19.4. The number of fused-ring (bicyclic) bond motifs is 1. The Morgan fingerprint density at radius 1 is 1.32 bits per heavy atom. The van der Waals surface area contributed by atoms with Crippen molar-refractivity contribution in [3.63, 3.8) is 0 Å². The molecule has 0 aromatic carbocycles. The van der Waals surface area contributed by atoms with Crippen LogP contribution in [0.4, 0.5) is 30.6 Å². The van der Waals surface area contributed by atoms with Crippen molar-refractivity contribution in [2.45, 2.75) is 38.5 Å². The molecule has 2 aromatic rings. The number of amides is 1. The Labute approximate surface area is 159 Å². The van der Waals surface area contributed by atoms with Crippen LogP contribution in [-0.4, -0.2) is 45.3 Å². The molecule has 1 saturated carbocycles. The summed E-state index contributed by atoms with van der Waals surface area (Å²) in [4.78, 5) is 22.3. The molecule has 0 atom stereocenters. The van der Waals surface area contributed by atoms with Crippen LogP contribution in [0.5, 0.6) is 0 Å². The average Bonchev–Trinajstić information content (AvgIpc) is 3.03. The quantitative estimate of drug-likeness (QED) is 0.826. The monoisotopic (exact) mass is 395 g/mol. The third kappa shape index (κ3) is 3.60. The second-order valence-electron chi connectivity index (χ2n) is 7.33. The molecule has 3 heterocycles. The maximum absolute atomic E-state index is 12.6. The molecular weight excluding hydrogens is 375 g/mol. The molecule has 1 aliphatic carbocycles. The van der Waals surface area contributed by atoms with Gasteiger partial charge in [-0.05, 0) is 31.7 Å². The highest BCUT2D eigenvalue weighted by Crippen LogP contribution is 2.34. The van der Waals surface area contributed by atoms with E-state index in [1.54, 1.807) is 11.9 Å². The number of nitrogens with one attached hydrogen (secondary N) is 2. The fourth-order valence-electron chi connectivity index (χ4n) is 3.58. The topological polar surface area (TPSA) is 88.0 Å². The molecule has 8 nitrogen and oxygen atoms in total. The highest BCUT2D eigenvalue weighted by Gasteiger charge is 2.35. The lowest BCUT2D eigenvalue weighted by atomic mass is 9.80. The van der Waals surface area contributed by atoms with E-state index in [4.69, 9.17) is 0 Å². The lowest BCUT2D eigenvalue weighted by Gasteiger charge is -2.36. The molecule has 2 aromatic heterocycles. The summed E-state index contributed by atoms with van der Waals surface area (Å²) >= 11 is 0. The fourth-order valence-corrected chi connectivity index (χ4v) is 3.58. The molecule has 0 radical (unpaired) electrons. The third-order valence-corrected chi connectivity index (χ3v) is 5.02. The Morgan fingerprint density at radius 2 is 2.07 bits per heavy atom. The number of aromatic nitrogens is 4. The molecule has 11 heteroatoms. The van der Waals surface area contributed by atoms with Crippen molar-refractivity contribution in [1.29, 1.82) is 0 Å². The summed E-state index contributed by atoms with van der Waals surface area (Å²) in [6.07, 6.45) is -1.45. The van der Waals surface area contributed by atoms with Crippen molar-refractivity contribution < 1.29 is 18.0 Å². The predicted molar refractivity (Wildman–Crippen MR) is 96.0 cm³/mol. The van der Waals surface area contributed by atoms with Gasteiger partial charge in [0.25, 0.3) is 0 Å². The molecule has 0 bridgehead atoms. The van der Waals surface area contributed by atoms with Crippen LogP contribution in [0.15, 0.2) is 12.3 Å². The largest absolute Gasteiger partial charge is 0.435 e. The lowest BCUT2D eigenvalue weighted by molar-refractivity contribution is -0.141. The maximum atomic E-state index is 12.6. The average molecular weight is 395 g/mol. The van der Waals surface area contributed by atoms with E-state index in [2.05, 4.69) is 25.7 Å². The first-order chi connectivity index (χ1) is 13.2. The molecule has 1 fully saturated rings. The number of hydrogen-bond donors (Lipinski definition) is 2. The molecule has 150 valence electrons. The minimum Gasteiger partial charge on any atom is -0.351 e. The molecule has 1 amide bonds. The van der Waals surface area contributed by atoms with Crippen molar-refractivity contribution in [2.24, 2.45) is 5.92 Å². The van der Waals surface area contributed by atoms with Gasteiger partial charge in [-0.1, -0.05) is 0 Å². The standard InChI is InChI=1S/C17H20F3N7O/c1-9-14-15(26(2)8-13(28)23-14)24-16(21-9)22-11-5-10(6-11)7-27-4-3-12(25-27)17(18,19)20/h3-4,10-11H,5-8H2,1-2H3,(H,23,28)(H,21,22,24)/t10-,11+. The number of rotatable bonds is 4. The normalized spacial score (nSPS) is 21.8. The summed E-state index contributed by atoms with van der Waals surface area (Å²) in [5.41, 5.74) is 0.435. The number of carbonyl (C=O) groups excluding carboxylic acids is 1. The fraction of sp³-hybridized carbons (Fsp3) is 0.529. The summed E-state index contributed by atoms with van der Waals surface area (Å²) in [5.74, 6) is 1.30. The van der Waals surface area contributed by atoms with Crippen LogP contribution in [0.1, 0.15) is 24.2 Å². The van der Waals surface area contributed by atoms with Gasteiger partial charge in [0.2, 0.25) is 11.9 Å². The number of halogens is 3. The van der Waals surface area contributed by atoms with E-state index in [1.165, 1.54) is 10.9 Å². The molecule has 2 aliphatic rings. The van der Waals surface area contributed by atoms with Gasteiger partial charge in [0.05, 0.1) is 12.2 Å². The number of aryl methyl sites for hydroxylation is 1. The first-order valence-electron chi connectivity index (χ1n) is 8.96. The van der Waals surface area contributed by atoms with Crippen molar-refractivity contribution in [3.05, 3.63) is 23.7 Å². The van der Waals surface area contributed by atoms with Crippen LogP contribution in [0, 0.1) is 12.8 Å². The van der Waals surface area contributed by atoms with E-state index < -0.39 is 11.9 Å². The lowest BCUT2D eigenvalue weighted by Crippen LogP contribution is -2.39. The summed E-state index contributed by atoms with van der Waals surface area (Å²) in [7, 11) is 1.80. The molecule has 2 N–H and O–H groups in total. The van der Waals surface area contributed by atoms with Gasteiger partial charge < -0.3 is 15.5 Å². The van der Waals surface area contributed by atoms with E-state index in [0.717, 1.165) is 18.9 Å². The highest BCUT2D eigenvalue weighted by molar-refractivity contribution is 6.00. The summed E-state index contributed by atoms with van der Waals surface area (Å²) in [6.45, 7) is 2.50. The number of alkyl halides is 3. The van der Waals surface area contributed by atoms with E-state index in [-0.39, 0.29) is 24.4 Å². The van der Waals surface area contributed by atoms with E-state index in [9.17, 15) is 18.0 Å². The molecule has 28 heavy (non-hydrogen) atoms. The number of anilines is 3. The summed E-state index contributed by atoms with van der Waals surface area (Å²) in [6, 6.07) is 1.15. The molecule has 1 aliphatic heterocycles. The zero-order chi connectivity index (χ0) is 20.1. The zero-order valence-corrected chi connectivity index (χ0v) is 15.4. The first kappa shape index (κ1) is 18.5. The van der Waals surface area contributed by atoms with Crippen molar-refractivity contribution >= 4 is 23.4 Å². The van der Waals surface area contributed by atoms with Crippen LogP contribution >= 0.6 is 0 Å². The first-order valence-corrected chi connectivity index (χ1v) is 8.96. The zero-order valence-electron chi connectivity index (χ0n) is 15.4. The minimum absolute atomic E-state index is 0.100. The van der Waals surface area contributed by atoms with Gasteiger partial charge in [0, 0.05) is 25.8 Å². The van der Waals surface area contributed by atoms with Gasteiger partial charge in [-0.2, -0.15) is 23.3 Å². The minimum atomic E-state index is -4.41. The molecule has 4 rings (SSSR count). The molecule has 0 spiro atoms. The van der Waals surface area contributed by atoms with Crippen LogP contribution in [-0.2, 0) is 17.5 Å². The summed E-state index contributed by atoms with van der Waals surface area (Å²) < 4.78 is 39.2. The SMILES string of the molecule is Cc1nc(N[C@H]2C[C@@H](Cn3ccc(C(F)(F)F)n3)C2)nc2c1NC(=O)CN2C. The Kier molecular flexibility index (Phi) is 4.39. The number of hydrogen-bond acceptors (Lipinski definition) is 6. The Hall–Kier alpha value is -2.85. The molecule has 0 saturated heterocycles.